The minimum absolute atomic E-state index is 0.0865. The minimum atomic E-state index is -1.00. The molecule has 0 bridgehead atoms. The van der Waals surface area contributed by atoms with E-state index in [1.165, 1.54) is 17.3 Å². The van der Waals surface area contributed by atoms with Crippen molar-refractivity contribution in [2.75, 3.05) is 0 Å². The van der Waals surface area contributed by atoms with Gasteiger partial charge in [-0.3, -0.25) is 4.98 Å². The van der Waals surface area contributed by atoms with E-state index >= 15 is 0 Å². The Kier molecular flexibility index (Phi) is 2.78. The van der Waals surface area contributed by atoms with Crippen LogP contribution in [0.1, 0.15) is 38.9 Å². The first kappa shape index (κ1) is 11.8. The zero-order chi connectivity index (χ0) is 13.4. The van der Waals surface area contributed by atoms with Crippen LogP contribution in [-0.4, -0.2) is 21.0 Å². The average molecular weight is 254 g/mol. The van der Waals surface area contributed by atoms with Crippen molar-refractivity contribution in [3.63, 3.8) is 0 Å². The Hall–Kier alpha value is -2.23. The second-order valence-corrected chi connectivity index (χ2v) is 4.92. The Morgan fingerprint density at radius 2 is 1.89 bits per heavy atom. The first-order chi connectivity index (χ1) is 9.15. The van der Waals surface area contributed by atoms with Crippen LogP contribution in [0.4, 0.5) is 0 Å². The van der Waals surface area contributed by atoms with Gasteiger partial charge in [-0.25, -0.2) is 9.78 Å². The van der Waals surface area contributed by atoms with E-state index < -0.39 is 5.97 Å². The van der Waals surface area contributed by atoms with E-state index in [2.05, 4.69) is 22.1 Å². The zero-order valence-electron chi connectivity index (χ0n) is 10.6. The fraction of sp³-hybridized carbons (Fsp3) is 0.267. The molecular weight excluding hydrogens is 240 g/mol. The second kappa shape index (κ2) is 4.46. The van der Waals surface area contributed by atoms with Gasteiger partial charge < -0.3 is 5.11 Å². The normalized spacial score (nSPS) is 14.4. The Bertz CT molecular complexity index is 627. The Morgan fingerprint density at radius 1 is 1.26 bits per heavy atom. The van der Waals surface area contributed by atoms with Crippen molar-refractivity contribution in [3.8, 4) is 0 Å². The van der Waals surface area contributed by atoms with Gasteiger partial charge in [-0.05, 0) is 30.9 Å². The van der Waals surface area contributed by atoms with Gasteiger partial charge in [0, 0.05) is 12.1 Å². The number of carboxylic acids is 1. The van der Waals surface area contributed by atoms with Gasteiger partial charge in [0.2, 0.25) is 0 Å². The van der Waals surface area contributed by atoms with Gasteiger partial charge in [0.15, 0.2) is 5.69 Å². The number of fused-ring (bicyclic) bond motifs is 1. The summed E-state index contributed by atoms with van der Waals surface area (Å²) in [6.07, 6.45) is 3.19. The second-order valence-electron chi connectivity index (χ2n) is 4.92. The van der Waals surface area contributed by atoms with Crippen LogP contribution in [0, 0.1) is 6.92 Å². The maximum absolute atomic E-state index is 11.3. The van der Waals surface area contributed by atoms with Crippen molar-refractivity contribution in [3.05, 3.63) is 58.7 Å². The number of aromatic carboxylic acids is 1. The molecule has 19 heavy (non-hydrogen) atoms. The molecule has 1 aromatic heterocycles. The third kappa shape index (κ3) is 2.10. The molecule has 0 aliphatic heterocycles. The molecule has 1 aromatic carbocycles. The molecule has 0 atom stereocenters. The lowest BCUT2D eigenvalue weighted by atomic mass is 9.99. The number of carbonyl (C=O) groups is 1. The van der Waals surface area contributed by atoms with Crippen LogP contribution < -0.4 is 0 Å². The smallest absolute Gasteiger partial charge is 0.356 e. The van der Waals surface area contributed by atoms with Crippen LogP contribution in [0.25, 0.3) is 0 Å². The molecule has 96 valence electrons. The molecule has 0 spiro atoms. The van der Waals surface area contributed by atoms with Crippen molar-refractivity contribution in [2.24, 2.45) is 0 Å². The summed E-state index contributed by atoms with van der Waals surface area (Å²) in [4.78, 5) is 19.7. The Labute approximate surface area is 111 Å². The molecular formula is C15H14N2O2. The van der Waals surface area contributed by atoms with E-state index in [-0.39, 0.29) is 11.6 Å². The van der Waals surface area contributed by atoms with E-state index in [1.54, 1.807) is 0 Å². The van der Waals surface area contributed by atoms with Crippen LogP contribution in [-0.2, 0) is 12.8 Å². The zero-order valence-corrected chi connectivity index (χ0v) is 10.6. The molecule has 1 N–H and O–H groups in total. The number of benzene rings is 1. The summed E-state index contributed by atoms with van der Waals surface area (Å²) < 4.78 is 0. The van der Waals surface area contributed by atoms with E-state index in [0.717, 1.165) is 18.5 Å². The van der Waals surface area contributed by atoms with Gasteiger partial charge in [0.1, 0.15) is 0 Å². The third-order valence-electron chi connectivity index (χ3n) is 3.56. The van der Waals surface area contributed by atoms with Gasteiger partial charge in [0.25, 0.3) is 0 Å². The molecule has 0 saturated carbocycles. The molecule has 0 unspecified atom stereocenters. The summed E-state index contributed by atoms with van der Waals surface area (Å²) in [6, 6.07) is 8.22. The summed E-state index contributed by atoms with van der Waals surface area (Å²) >= 11 is 0. The molecule has 2 aromatic rings. The quantitative estimate of drug-likeness (QED) is 0.893. The summed E-state index contributed by atoms with van der Waals surface area (Å²) in [5.74, 6) is -0.880. The molecule has 4 nitrogen and oxygen atoms in total. The predicted octanol–water partition coefficient (Wildman–Crippen LogP) is 2.37. The lowest BCUT2D eigenvalue weighted by Crippen LogP contribution is -2.13. The summed E-state index contributed by atoms with van der Waals surface area (Å²) in [5, 5.41) is 9.23. The number of nitrogens with zero attached hydrogens (tertiary/aromatic N) is 2. The van der Waals surface area contributed by atoms with Gasteiger partial charge in [0.05, 0.1) is 11.4 Å². The monoisotopic (exact) mass is 254 g/mol. The van der Waals surface area contributed by atoms with Crippen molar-refractivity contribution < 1.29 is 9.90 Å². The highest BCUT2D eigenvalue weighted by Crippen LogP contribution is 2.34. The van der Waals surface area contributed by atoms with Crippen LogP contribution >= 0.6 is 0 Å². The molecule has 0 saturated heterocycles. The number of carboxylic acid groups (broad SMARTS) is 1. The molecule has 4 heteroatoms. The van der Waals surface area contributed by atoms with Crippen LogP contribution in [0.3, 0.4) is 0 Å². The molecule has 0 fully saturated rings. The third-order valence-corrected chi connectivity index (χ3v) is 3.56. The largest absolute Gasteiger partial charge is 0.476 e. The number of hydrogen-bond acceptors (Lipinski definition) is 3. The summed E-state index contributed by atoms with van der Waals surface area (Å²) in [6.45, 7) is 1.84. The summed E-state index contributed by atoms with van der Waals surface area (Å²) in [5.41, 5.74) is 4.03. The molecule has 1 heterocycles. The van der Waals surface area contributed by atoms with E-state index in [9.17, 15) is 9.90 Å². The standard InChI is InChI=1S/C15H14N2O2/c1-9-8-16-14(15(18)19)13(17-9)12-6-10-4-2-3-5-11(10)7-12/h2-5,8,12H,6-7H2,1H3,(H,18,19). The van der Waals surface area contributed by atoms with Gasteiger partial charge >= 0.3 is 5.97 Å². The Balaban J connectivity index is 2.01. The fourth-order valence-corrected chi connectivity index (χ4v) is 2.70. The highest BCUT2D eigenvalue weighted by molar-refractivity contribution is 5.86. The Morgan fingerprint density at radius 3 is 2.47 bits per heavy atom. The highest BCUT2D eigenvalue weighted by atomic mass is 16.4. The SMILES string of the molecule is Cc1cnc(C(=O)O)c(C2Cc3ccccc3C2)n1. The maximum atomic E-state index is 11.3. The molecule has 3 rings (SSSR count). The lowest BCUT2D eigenvalue weighted by molar-refractivity contribution is 0.0687. The van der Waals surface area contributed by atoms with Gasteiger partial charge in [-0.2, -0.15) is 0 Å². The number of hydrogen-bond donors (Lipinski definition) is 1. The van der Waals surface area contributed by atoms with Crippen molar-refractivity contribution in [1.82, 2.24) is 9.97 Å². The molecule has 1 aliphatic rings. The van der Waals surface area contributed by atoms with Crippen molar-refractivity contribution in [2.45, 2.75) is 25.7 Å². The van der Waals surface area contributed by atoms with Crippen LogP contribution in [0.15, 0.2) is 30.5 Å². The maximum Gasteiger partial charge on any atom is 0.356 e. The summed E-state index contributed by atoms with van der Waals surface area (Å²) in [7, 11) is 0. The first-order valence-electron chi connectivity index (χ1n) is 6.29. The van der Waals surface area contributed by atoms with E-state index in [4.69, 9.17) is 0 Å². The fourth-order valence-electron chi connectivity index (χ4n) is 2.70. The minimum Gasteiger partial charge on any atom is -0.476 e. The number of aromatic nitrogens is 2. The number of rotatable bonds is 2. The van der Waals surface area contributed by atoms with Crippen molar-refractivity contribution >= 4 is 5.97 Å². The van der Waals surface area contributed by atoms with Gasteiger partial charge in [-0.1, -0.05) is 24.3 Å². The van der Waals surface area contributed by atoms with Crippen LogP contribution in [0.2, 0.25) is 0 Å². The molecule has 0 radical (unpaired) electrons. The topological polar surface area (TPSA) is 63.1 Å². The van der Waals surface area contributed by atoms with Gasteiger partial charge in [-0.15, -0.1) is 0 Å². The van der Waals surface area contributed by atoms with E-state index in [1.807, 2.05) is 19.1 Å². The van der Waals surface area contributed by atoms with Crippen molar-refractivity contribution in [1.29, 1.82) is 0 Å². The molecule has 0 amide bonds. The predicted molar refractivity (Wildman–Crippen MR) is 70.3 cm³/mol. The average Bonchev–Trinajstić information content (AvgIpc) is 2.81. The number of aryl methyl sites for hydroxylation is 1. The molecule has 1 aliphatic carbocycles. The van der Waals surface area contributed by atoms with Crippen LogP contribution in [0.5, 0.6) is 0 Å². The lowest BCUT2D eigenvalue weighted by Gasteiger charge is -2.11. The highest BCUT2D eigenvalue weighted by Gasteiger charge is 2.28. The first-order valence-corrected chi connectivity index (χ1v) is 6.29. The van der Waals surface area contributed by atoms with E-state index in [0.29, 0.717) is 5.69 Å².